The average molecular weight is 286 g/mol. The van der Waals surface area contributed by atoms with Crippen molar-refractivity contribution in [3.63, 3.8) is 0 Å². The van der Waals surface area contributed by atoms with Gasteiger partial charge in [0.05, 0.1) is 12.8 Å². The monoisotopic (exact) mass is 286 g/mol. The van der Waals surface area contributed by atoms with Crippen LogP contribution in [-0.2, 0) is 11.2 Å². The number of ether oxygens (including phenoxy) is 1. The van der Waals surface area contributed by atoms with Crippen molar-refractivity contribution < 1.29 is 14.6 Å². The first-order chi connectivity index (χ1) is 10.2. The maximum absolute atomic E-state index is 10.4. The summed E-state index contributed by atoms with van der Waals surface area (Å²) < 4.78 is 5.02. The van der Waals surface area contributed by atoms with Gasteiger partial charge in [0.2, 0.25) is 5.88 Å². The summed E-state index contributed by atoms with van der Waals surface area (Å²) in [5, 5.41) is 8.58. The van der Waals surface area contributed by atoms with Crippen LogP contribution in [0.2, 0.25) is 0 Å². The van der Waals surface area contributed by atoms with Gasteiger partial charge in [0.25, 0.3) is 0 Å². The summed E-state index contributed by atoms with van der Waals surface area (Å²) in [4.78, 5) is 19.0. The molecule has 2 heterocycles. The van der Waals surface area contributed by atoms with E-state index in [1.54, 1.807) is 19.4 Å². The Morgan fingerprint density at radius 3 is 2.57 bits per heavy atom. The second-order valence-electron chi connectivity index (χ2n) is 4.74. The standard InChI is InChI=1S/C16H18N2O3/c1-21-15-9-7-13(11-18-15)14-8-6-12(10-17-14)4-2-3-5-16(19)20/h6-11H,2-5H2,1H3,(H,19,20). The number of hydrogen-bond acceptors (Lipinski definition) is 4. The van der Waals surface area contributed by atoms with Crippen molar-refractivity contribution in [3.8, 4) is 17.1 Å². The Kier molecular flexibility index (Phi) is 5.26. The van der Waals surface area contributed by atoms with Crippen molar-refractivity contribution >= 4 is 5.97 Å². The average Bonchev–Trinajstić information content (AvgIpc) is 2.52. The molecule has 2 aromatic rings. The number of carboxylic acids is 1. The number of hydrogen-bond donors (Lipinski definition) is 1. The van der Waals surface area contributed by atoms with E-state index in [2.05, 4.69) is 9.97 Å². The molecule has 0 atom stereocenters. The first-order valence-corrected chi connectivity index (χ1v) is 6.86. The number of methoxy groups -OCH3 is 1. The molecule has 0 unspecified atom stereocenters. The van der Waals surface area contributed by atoms with Gasteiger partial charge in [0.15, 0.2) is 0 Å². The van der Waals surface area contributed by atoms with Crippen molar-refractivity contribution in [2.45, 2.75) is 25.7 Å². The minimum absolute atomic E-state index is 0.225. The van der Waals surface area contributed by atoms with E-state index in [-0.39, 0.29) is 6.42 Å². The highest BCUT2D eigenvalue weighted by atomic mass is 16.5. The van der Waals surface area contributed by atoms with Crippen LogP contribution in [0.25, 0.3) is 11.3 Å². The molecule has 5 nitrogen and oxygen atoms in total. The van der Waals surface area contributed by atoms with Crippen molar-refractivity contribution in [3.05, 3.63) is 42.2 Å². The molecule has 110 valence electrons. The zero-order valence-corrected chi connectivity index (χ0v) is 12.0. The number of pyridine rings is 2. The molecule has 1 N–H and O–H groups in total. The molecule has 2 rings (SSSR count). The van der Waals surface area contributed by atoms with Crippen molar-refractivity contribution in [2.24, 2.45) is 0 Å². The lowest BCUT2D eigenvalue weighted by Gasteiger charge is -2.04. The van der Waals surface area contributed by atoms with Gasteiger partial charge >= 0.3 is 5.97 Å². The topological polar surface area (TPSA) is 72.3 Å². The molecule has 0 saturated heterocycles. The number of nitrogens with zero attached hydrogens (tertiary/aromatic N) is 2. The number of rotatable bonds is 7. The maximum Gasteiger partial charge on any atom is 0.303 e. The molecular weight excluding hydrogens is 268 g/mol. The third-order valence-electron chi connectivity index (χ3n) is 3.17. The minimum atomic E-state index is -0.740. The highest BCUT2D eigenvalue weighted by Gasteiger charge is 2.02. The zero-order valence-electron chi connectivity index (χ0n) is 12.0. The molecule has 0 aliphatic heterocycles. The summed E-state index contributed by atoms with van der Waals surface area (Å²) in [5.74, 6) is -0.163. The molecule has 0 aromatic carbocycles. The van der Waals surface area contributed by atoms with E-state index in [1.165, 1.54) is 0 Å². The Hall–Kier alpha value is -2.43. The third kappa shape index (κ3) is 4.56. The highest BCUT2D eigenvalue weighted by molar-refractivity contribution is 5.66. The number of carboxylic acid groups (broad SMARTS) is 1. The van der Waals surface area contributed by atoms with Gasteiger partial charge in [-0.2, -0.15) is 0 Å². The quantitative estimate of drug-likeness (QED) is 0.792. The second kappa shape index (κ2) is 7.38. The first-order valence-electron chi connectivity index (χ1n) is 6.86. The van der Waals surface area contributed by atoms with Crippen LogP contribution in [0, 0.1) is 0 Å². The Bertz CT molecular complexity index is 579. The zero-order chi connectivity index (χ0) is 15.1. The van der Waals surface area contributed by atoms with E-state index in [1.807, 2.05) is 24.4 Å². The van der Waals surface area contributed by atoms with Crippen LogP contribution in [0.4, 0.5) is 0 Å². The van der Waals surface area contributed by atoms with E-state index < -0.39 is 5.97 Å². The fourth-order valence-corrected chi connectivity index (χ4v) is 2.00. The smallest absolute Gasteiger partial charge is 0.303 e. The van der Waals surface area contributed by atoms with Crippen LogP contribution < -0.4 is 4.74 Å². The molecule has 0 bridgehead atoms. The van der Waals surface area contributed by atoms with E-state index in [0.29, 0.717) is 12.3 Å². The Morgan fingerprint density at radius 1 is 1.14 bits per heavy atom. The van der Waals surface area contributed by atoms with Crippen LogP contribution in [0.3, 0.4) is 0 Å². The predicted octanol–water partition coefficient (Wildman–Crippen LogP) is 2.95. The van der Waals surface area contributed by atoms with Crippen LogP contribution in [0.1, 0.15) is 24.8 Å². The van der Waals surface area contributed by atoms with E-state index in [9.17, 15) is 4.79 Å². The van der Waals surface area contributed by atoms with Crippen molar-refractivity contribution in [1.82, 2.24) is 9.97 Å². The van der Waals surface area contributed by atoms with Gasteiger partial charge in [-0.15, -0.1) is 0 Å². The van der Waals surface area contributed by atoms with Gasteiger partial charge < -0.3 is 9.84 Å². The molecule has 21 heavy (non-hydrogen) atoms. The fraction of sp³-hybridized carbons (Fsp3) is 0.312. The Morgan fingerprint density at radius 2 is 2.00 bits per heavy atom. The van der Waals surface area contributed by atoms with Crippen LogP contribution in [0.5, 0.6) is 5.88 Å². The molecule has 0 aliphatic rings. The lowest BCUT2D eigenvalue weighted by Crippen LogP contribution is -1.95. The van der Waals surface area contributed by atoms with Gasteiger partial charge in [-0.1, -0.05) is 6.07 Å². The van der Waals surface area contributed by atoms with Gasteiger partial charge in [-0.3, -0.25) is 9.78 Å². The number of unbranched alkanes of at least 4 members (excludes halogenated alkanes) is 1. The molecule has 5 heteroatoms. The lowest BCUT2D eigenvalue weighted by atomic mass is 10.1. The molecule has 0 fully saturated rings. The number of aryl methyl sites for hydroxylation is 1. The molecule has 0 amide bonds. The third-order valence-corrected chi connectivity index (χ3v) is 3.17. The van der Waals surface area contributed by atoms with Crippen LogP contribution >= 0.6 is 0 Å². The molecule has 0 saturated carbocycles. The Labute approximate surface area is 123 Å². The molecular formula is C16H18N2O3. The van der Waals surface area contributed by atoms with Crippen molar-refractivity contribution in [1.29, 1.82) is 0 Å². The predicted molar refractivity (Wildman–Crippen MR) is 79.2 cm³/mol. The summed E-state index contributed by atoms with van der Waals surface area (Å²) in [5.41, 5.74) is 2.92. The minimum Gasteiger partial charge on any atom is -0.481 e. The second-order valence-corrected chi connectivity index (χ2v) is 4.74. The van der Waals surface area contributed by atoms with Crippen LogP contribution in [-0.4, -0.2) is 28.2 Å². The van der Waals surface area contributed by atoms with Crippen LogP contribution in [0.15, 0.2) is 36.7 Å². The van der Waals surface area contributed by atoms with Gasteiger partial charge in [0.1, 0.15) is 0 Å². The Balaban J connectivity index is 1.93. The number of aromatic nitrogens is 2. The largest absolute Gasteiger partial charge is 0.481 e. The molecule has 0 aliphatic carbocycles. The van der Waals surface area contributed by atoms with E-state index in [0.717, 1.165) is 29.7 Å². The summed E-state index contributed by atoms with van der Waals surface area (Å²) in [6.45, 7) is 0. The maximum atomic E-state index is 10.4. The fourth-order valence-electron chi connectivity index (χ4n) is 2.00. The highest BCUT2D eigenvalue weighted by Crippen LogP contribution is 2.18. The molecule has 0 radical (unpaired) electrons. The summed E-state index contributed by atoms with van der Waals surface area (Å²) >= 11 is 0. The number of aliphatic carboxylic acids is 1. The van der Waals surface area contributed by atoms with E-state index in [4.69, 9.17) is 9.84 Å². The summed E-state index contributed by atoms with van der Waals surface area (Å²) in [7, 11) is 1.58. The van der Waals surface area contributed by atoms with E-state index >= 15 is 0 Å². The lowest BCUT2D eigenvalue weighted by molar-refractivity contribution is -0.137. The normalized spacial score (nSPS) is 10.3. The van der Waals surface area contributed by atoms with Gasteiger partial charge in [-0.25, -0.2) is 4.98 Å². The SMILES string of the molecule is COc1ccc(-c2ccc(CCCCC(=O)O)cn2)cn1. The summed E-state index contributed by atoms with van der Waals surface area (Å²) in [6, 6.07) is 7.70. The first kappa shape index (κ1) is 15.0. The van der Waals surface area contributed by atoms with Gasteiger partial charge in [-0.05, 0) is 37.0 Å². The summed E-state index contributed by atoms with van der Waals surface area (Å²) in [6.07, 6.45) is 6.19. The molecule has 2 aromatic heterocycles. The van der Waals surface area contributed by atoms with Crippen molar-refractivity contribution in [2.75, 3.05) is 7.11 Å². The number of carbonyl (C=O) groups is 1. The van der Waals surface area contributed by atoms with Gasteiger partial charge in [0, 0.05) is 30.4 Å². The molecule has 0 spiro atoms.